The number of aliphatic hydroxyl groups is 1. The normalized spacial score (nSPS) is 12.7. The molecule has 1 atom stereocenters. The third-order valence-corrected chi connectivity index (χ3v) is 4.19. The average molecular weight is 313 g/mol. The Morgan fingerprint density at radius 1 is 1.25 bits per heavy atom. The standard InChI is InChI=1S/C15H18Cl2N2O/c1-3-13-15(17)14(19(2)18-13)8-11(9-20)10-4-6-12(16)7-5-10/h4-7,11,20H,3,8-9H2,1-2H3. The van der Waals surface area contributed by atoms with Gasteiger partial charge in [0.2, 0.25) is 0 Å². The lowest BCUT2D eigenvalue weighted by molar-refractivity contribution is 0.263. The second-order valence-corrected chi connectivity index (χ2v) is 5.63. The Balaban J connectivity index is 2.26. The number of halogens is 2. The van der Waals surface area contributed by atoms with Gasteiger partial charge in [-0.2, -0.15) is 5.10 Å². The van der Waals surface area contributed by atoms with Crippen molar-refractivity contribution in [3.63, 3.8) is 0 Å². The number of rotatable bonds is 5. The lowest BCUT2D eigenvalue weighted by atomic mass is 9.95. The summed E-state index contributed by atoms with van der Waals surface area (Å²) < 4.78 is 1.81. The molecule has 1 heterocycles. The number of aliphatic hydroxyl groups excluding tert-OH is 1. The maximum atomic E-state index is 9.65. The third kappa shape index (κ3) is 3.17. The summed E-state index contributed by atoms with van der Waals surface area (Å²) in [5.41, 5.74) is 2.90. The van der Waals surface area contributed by atoms with Gasteiger partial charge in [0.25, 0.3) is 0 Å². The van der Waals surface area contributed by atoms with Crippen molar-refractivity contribution >= 4 is 23.2 Å². The molecular weight excluding hydrogens is 295 g/mol. The molecule has 0 bridgehead atoms. The van der Waals surface area contributed by atoms with Crippen molar-refractivity contribution in [2.24, 2.45) is 7.05 Å². The van der Waals surface area contributed by atoms with Crippen molar-refractivity contribution in [1.29, 1.82) is 0 Å². The van der Waals surface area contributed by atoms with Crippen molar-refractivity contribution in [2.45, 2.75) is 25.7 Å². The van der Waals surface area contributed by atoms with Gasteiger partial charge in [-0.15, -0.1) is 0 Å². The minimum absolute atomic E-state index is 0.00938. The van der Waals surface area contributed by atoms with Gasteiger partial charge >= 0.3 is 0 Å². The predicted molar refractivity (Wildman–Crippen MR) is 82.6 cm³/mol. The van der Waals surface area contributed by atoms with Crippen molar-refractivity contribution in [3.05, 3.63) is 51.3 Å². The van der Waals surface area contributed by atoms with Gasteiger partial charge in [-0.05, 0) is 30.5 Å². The Bertz CT molecular complexity index is 578. The summed E-state index contributed by atoms with van der Waals surface area (Å²) in [6, 6.07) is 7.55. The van der Waals surface area contributed by atoms with Crippen LogP contribution in [0.3, 0.4) is 0 Å². The summed E-state index contributed by atoms with van der Waals surface area (Å²) in [6.07, 6.45) is 1.46. The fourth-order valence-corrected chi connectivity index (χ4v) is 2.79. The zero-order chi connectivity index (χ0) is 14.7. The first kappa shape index (κ1) is 15.4. The van der Waals surface area contributed by atoms with Gasteiger partial charge in [0.15, 0.2) is 0 Å². The van der Waals surface area contributed by atoms with Gasteiger partial charge in [0, 0.05) is 18.0 Å². The molecule has 0 fully saturated rings. The molecule has 1 aromatic carbocycles. The van der Waals surface area contributed by atoms with E-state index in [1.807, 2.05) is 38.2 Å². The van der Waals surface area contributed by atoms with E-state index in [1.54, 1.807) is 4.68 Å². The van der Waals surface area contributed by atoms with Crippen LogP contribution in [-0.2, 0) is 19.9 Å². The van der Waals surface area contributed by atoms with E-state index < -0.39 is 0 Å². The molecule has 5 heteroatoms. The number of aryl methyl sites for hydroxylation is 2. The number of aromatic nitrogens is 2. The first-order valence-electron chi connectivity index (χ1n) is 6.63. The first-order chi connectivity index (χ1) is 9.56. The Morgan fingerprint density at radius 2 is 1.90 bits per heavy atom. The van der Waals surface area contributed by atoms with E-state index in [-0.39, 0.29) is 12.5 Å². The number of benzene rings is 1. The van der Waals surface area contributed by atoms with Crippen molar-refractivity contribution in [1.82, 2.24) is 9.78 Å². The Labute approximate surface area is 129 Å². The molecule has 1 unspecified atom stereocenters. The van der Waals surface area contributed by atoms with Crippen LogP contribution in [0.4, 0.5) is 0 Å². The van der Waals surface area contributed by atoms with E-state index in [0.29, 0.717) is 16.5 Å². The molecule has 108 valence electrons. The molecule has 0 aliphatic heterocycles. The molecule has 0 amide bonds. The van der Waals surface area contributed by atoms with Gasteiger partial charge in [0.05, 0.1) is 23.0 Å². The molecule has 0 radical (unpaired) electrons. The highest BCUT2D eigenvalue weighted by molar-refractivity contribution is 6.32. The highest BCUT2D eigenvalue weighted by Crippen LogP contribution is 2.28. The van der Waals surface area contributed by atoms with Crippen molar-refractivity contribution < 1.29 is 5.11 Å². The van der Waals surface area contributed by atoms with Gasteiger partial charge in [-0.3, -0.25) is 4.68 Å². The number of hydrogen-bond donors (Lipinski definition) is 1. The van der Waals surface area contributed by atoms with Crippen LogP contribution >= 0.6 is 23.2 Å². The summed E-state index contributed by atoms with van der Waals surface area (Å²) in [4.78, 5) is 0. The van der Waals surface area contributed by atoms with Crippen LogP contribution in [0.25, 0.3) is 0 Å². The molecule has 0 spiro atoms. The second-order valence-electron chi connectivity index (χ2n) is 4.82. The van der Waals surface area contributed by atoms with Crippen molar-refractivity contribution in [2.75, 3.05) is 6.61 Å². The minimum atomic E-state index is -0.00938. The highest BCUT2D eigenvalue weighted by Gasteiger charge is 2.19. The monoisotopic (exact) mass is 312 g/mol. The van der Waals surface area contributed by atoms with E-state index in [4.69, 9.17) is 23.2 Å². The van der Waals surface area contributed by atoms with E-state index >= 15 is 0 Å². The van der Waals surface area contributed by atoms with Gasteiger partial charge in [-0.25, -0.2) is 0 Å². The summed E-state index contributed by atoms with van der Waals surface area (Å²) in [6.45, 7) is 2.09. The van der Waals surface area contributed by atoms with Crippen LogP contribution in [-0.4, -0.2) is 21.5 Å². The van der Waals surface area contributed by atoms with Gasteiger partial charge in [0.1, 0.15) is 0 Å². The smallest absolute Gasteiger partial charge is 0.0849 e. The van der Waals surface area contributed by atoms with Crippen LogP contribution < -0.4 is 0 Å². The SMILES string of the molecule is CCc1nn(C)c(CC(CO)c2ccc(Cl)cc2)c1Cl. The van der Waals surface area contributed by atoms with Crippen LogP contribution in [0.5, 0.6) is 0 Å². The molecule has 2 aromatic rings. The highest BCUT2D eigenvalue weighted by atomic mass is 35.5. The fraction of sp³-hybridized carbons (Fsp3) is 0.400. The molecule has 0 aliphatic carbocycles. The fourth-order valence-electron chi connectivity index (χ4n) is 2.30. The minimum Gasteiger partial charge on any atom is -0.396 e. The lowest BCUT2D eigenvalue weighted by Gasteiger charge is -2.15. The predicted octanol–water partition coefficient (Wildman–Crippen LogP) is 3.61. The van der Waals surface area contributed by atoms with E-state index in [2.05, 4.69) is 5.10 Å². The number of nitrogens with zero attached hydrogens (tertiary/aromatic N) is 2. The summed E-state index contributed by atoms with van der Waals surface area (Å²) in [5, 5.41) is 15.5. The topological polar surface area (TPSA) is 38.0 Å². The maximum Gasteiger partial charge on any atom is 0.0849 e. The summed E-state index contributed by atoms with van der Waals surface area (Å²) >= 11 is 12.3. The first-order valence-corrected chi connectivity index (χ1v) is 7.39. The van der Waals surface area contributed by atoms with Gasteiger partial charge in [-0.1, -0.05) is 42.3 Å². The molecule has 0 aliphatic rings. The Kier molecular flexibility index (Phi) is 5.08. The largest absolute Gasteiger partial charge is 0.396 e. The van der Waals surface area contributed by atoms with Crippen LogP contribution in [0.1, 0.15) is 29.8 Å². The van der Waals surface area contributed by atoms with Crippen LogP contribution in [0.2, 0.25) is 10.0 Å². The second kappa shape index (κ2) is 6.61. The molecule has 0 saturated heterocycles. The van der Waals surface area contributed by atoms with E-state index in [1.165, 1.54) is 0 Å². The summed E-state index contributed by atoms with van der Waals surface area (Å²) in [7, 11) is 1.89. The number of hydrogen-bond acceptors (Lipinski definition) is 2. The summed E-state index contributed by atoms with van der Waals surface area (Å²) in [5.74, 6) is -0.00938. The lowest BCUT2D eigenvalue weighted by Crippen LogP contribution is -2.11. The Morgan fingerprint density at radius 3 is 2.40 bits per heavy atom. The van der Waals surface area contributed by atoms with Crippen LogP contribution in [0, 0.1) is 0 Å². The van der Waals surface area contributed by atoms with E-state index in [0.717, 1.165) is 23.4 Å². The molecule has 2 rings (SSSR count). The maximum absolute atomic E-state index is 9.65. The zero-order valence-corrected chi connectivity index (χ0v) is 13.1. The zero-order valence-electron chi connectivity index (χ0n) is 11.6. The van der Waals surface area contributed by atoms with E-state index in [9.17, 15) is 5.11 Å². The Hall–Kier alpha value is -1.03. The molecule has 0 saturated carbocycles. The third-order valence-electron chi connectivity index (χ3n) is 3.50. The van der Waals surface area contributed by atoms with Crippen LogP contribution in [0.15, 0.2) is 24.3 Å². The van der Waals surface area contributed by atoms with Gasteiger partial charge < -0.3 is 5.11 Å². The average Bonchev–Trinajstić information content (AvgIpc) is 2.72. The molecular formula is C15H18Cl2N2O. The molecule has 20 heavy (non-hydrogen) atoms. The molecule has 3 nitrogen and oxygen atoms in total. The molecule has 1 aromatic heterocycles. The quantitative estimate of drug-likeness (QED) is 0.916. The molecule has 1 N–H and O–H groups in total. The van der Waals surface area contributed by atoms with Crippen molar-refractivity contribution in [3.8, 4) is 0 Å².